The van der Waals surface area contributed by atoms with Crippen molar-refractivity contribution in [2.45, 2.75) is 57.0 Å². The maximum Gasteiger partial charge on any atom is 0.264 e. The number of aryl methyl sites for hydroxylation is 2. The van der Waals surface area contributed by atoms with E-state index in [9.17, 15) is 18.0 Å². The third-order valence-electron chi connectivity index (χ3n) is 6.97. The first-order valence-electron chi connectivity index (χ1n) is 11.4. The number of carbonyl (C=O) groups is 2. The molecule has 0 aliphatic carbocycles. The average molecular weight is 495 g/mol. The fourth-order valence-corrected chi connectivity index (χ4v) is 7.04. The molecule has 1 N–H and O–H groups in total. The van der Waals surface area contributed by atoms with Crippen LogP contribution in [0.25, 0.3) is 0 Å². The molecule has 3 aliphatic heterocycles. The van der Waals surface area contributed by atoms with Crippen LogP contribution in [0.3, 0.4) is 0 Å². The van der Waals surface area contributed by atoms with Crippen LogP contribution in [0.5, 0.6) is 0 Å². The van der Waals surface area contributed by atoms with E-state index in [0.29, 0.717) is 41.2 Å². The number of benzene rings is 1. The van der Waals surface area contributed by atoms with Crippen LogP contribution in [0.15, 0.2) is 29.4 Å². The summed E-state index contributed by atoms with van der Waals surface area (Å²) in [5.74, 6) is -0.379. The van der Waals surface area contributed by atoms with Gasteiger partial charge in [0.2, 0.25) is 11.8 Å². The third kappa shape index (κ3) is 4.63. The maximum atomic E-state index is 13.5. The molecule has 0 radical (unpaired) electrons. The molecular weight excluding hydrogens is 464 g/mol. The molecule has 1 aromatic carbocycles. The first-order valence-corrected chi connectivity index (χ1v) is 13.2. The number of carbonyl (C=O) groups excluding carboxylic acids is 2. The van der Waals surface area contributed by atoms with Gasteiger partial charge in [-0.15, -0.1) is 0 Å². The number of nitrogens with one attached hydrogen (secondary N) is 1. The first-order chi connectivity index (χ1) is 15.6. The Balaban J connectivity index is 1.55. The minimum Gasteiger partial charge on any atom is -0.341 e. The van der Waals surface area contributed by atoms with E-state index < -0.39 is 22.0 Å². The molecule has 2 amide bonds. The molecular formula is C23H31ClN4O4S. The Labute approximate surface area is 200 Å². The molecule has 0 saturated carbocycles. The van der Waals surface area contributed by atoms with Gasteiger partial charge in [-0.2, -0.15) is 0 Å². The molecule has 3 aliphatic rings. The van der Waals surface area contributed by atoms with E-state index in [-0.39, 0.29) is 17.2 Å². The number of halogens is 1. The van der Waals surface area contributed by atoms with Gasteiger partial charge in [0.1, 0.15) is 6.04 Å². The lowest BCUT2D eigenvalue weighted by molar-refractivity contribution is -0.135. The van der Waals surface area contributed by atoms with E-state index >= 15 is 0 Å². The van der Waals surface area contributed by atoms with Crippen molar-refractivity contribution in [2.24, 2.45) is 5.92 Å². The molecule has 180 valence electrons. The molecule has 0 aromatic heterocycles. The van der Waals surface area contributed by atoms with Gasteiger partial charge in [0.15, 0.2) is 0 Å². The fourth-order valence-electron chi connectivity index (χ4n) is 5.08. The molecule has 8 nitrogen and oxygen atoms in total. The highest BCUT2D eigenvalue weighted by molar-refractivity contribution is 7.89. The van der Waals surface area contributed by atoms with Gasteiger partial charge in [0.05, 0.1) is 11.3 Å². The van der Waals surface area contributed by atoms with E-state index in [1.165, 1.54) is 31.3 Å². The summed E-state index contributed by atoms with van der Waals surface area (Å²) in [6.45, 7) is 8.88. The lowest BCUT2D eigenvalue weighted by Gasteiger charge is -2.32. The Morgan fingerprint density at radius 2 is 1.85 bits per heavy atom. The number of rotatable bonds is 5. The molecule has 2 fully saturated rings. The highest BCUT2D eigenvalue weighted by Crippen LogP contribution is 2.30. The Hall–Kier alpha value is -2.10. The molecule has 33 heavy (non-hydrogen) atoms. The molecule has 1 aromatic rings. The maximum absolute atomic E-state index is 13.5. The Bertz CT molecular complexity index is 1080. The fraction of sp³-hybridized carbons (Fsp3) is 0.565. The van der Waals surface area contributed by atoms with Crippen molar-refractivity contribution in [3.8, 4) is 0 Å². The predicted molar refractivity (Wildman–Crippen MR) is 126 cm³/mol. The summed E-state index contributed by atoms with van der Waals surface area (Å²) in [6, 6.07) is 2.27. The van der Waals surface area contributed by atoms with Crippen LogP contribution in [0, 0.1) is 19.8 Å². The van der Waals surface area contributed by atoms with Gasteiger partial charge in [0, 0.05) is 36.6 Å². The smallest absolute Gasteiger partial charge is 0.264 e. The van der Waals surface area contributed by atoms with Crippen LogP contribution in [0.2, 0.25) is 5.02 Å². The summed E-state index contributed by atoms with van der Waals surface area (Å²) in [7, 11) is -4.07. The molecule has 4 rings (SSSR count). The van der Waals surface area contributed by atoms with Crippen molar-refractivity contribution < 1.29 is 18.0 Å². The summed E-state index contributed by atoms with van der Waals surface area (Å²) >= 11 is 6.15. The second-order valence-corrected chi connectivity index (χ2v) is 11.6. The average Bonchev–Trinajstić information content (AvgIpc) is 3.41. The Kier molecular flexibility index (Phi) is 6.75. The van der Waals surface area contributed by atoms with Crippen molar-refractivity contribution in [1.82, 2.24) is 19.4 Å². The number of hydrogen-bond donors (Lipinski definition) is 1. The number of hydrogen-bond acceptors (Lipinski definition) is 5. The molecule has 10 heteroatoms. The summed E-state index contributed by atoms with van der Waals surface area (Å²) in [4.78, 5) is 30.2. The molecule has 3 heterocycles. The lowest BCUT2D eigenvalue weighted by Crippen LogP contribution is -2.51. The Morgan fingerprint density at radius 3 is 2.55 bits per heavy atom. The second-order valence-electron chi connectivity index (χ2n) is 9.33. The molecule has 2 saturated heterocycles. The zero-order valence-corrected chi connectivity index (χ0v) is 20.8. The predicted octanol–water partition coefficient (Wildman–Crippen LogP) is 2.25. The zero-order valence-electron chi connectivity index (χ0n) is 19.3. The van der Waals surface area contributed by atoms with Crippen molar-refractivity contribution in [3.05, 3.63) is 40.7 Å². The van der Waals surface area contributed by atoms with E-state index in [4.69, 9.17) is 11.6 Å². The highest BCUT2D eigenvalue weighted by atomic mass is 35.5. The van der Waals surface area contributed by atoms with E-state index in [2.05, 4.69) is 17.1 Å². The number of sulfonamides is 1. The van der Waals surface area contributed by atoms with Gasteiger partial charge in [-0.3, -0.25) is 18.8 Å². The topological polar surface area (TPSA) is 90.0 Å². The zero-order chi connectivity index (χ0) is 23.9. The number of amides is 2. The van der Waals surface area contributed by atoms with Crippen molar-refractivity contribution in [3.63, 3.8) is 0 Å². The van der Waals surface area contributed by atoms with Gasteiger partial charge in [-0.1, -0.05) is 18.5 Å². The monoisotopic (exact) mass is 494 g/mol. The Morgan fingerprint density at radius 1 is 1.15 bits per heavy atom. The molecule has 3 atom stereocenters. The second kappa shape index (κ2) is 9.27. The van der Waals surface area contributed by atoms with Crippen molar-refractivity contribution >= 4 is 33.4 Å². The van der Waals surface area contributed by atoms with Gasteiger partial charge in [-0.25, -0.2) is 8.42 Å². The highest BCUT2D eigenvalue weighted by Gasteiger charge is 2.41. The van der Waals surface area contributed by atoms with Crippen LogP contribution in [0.4, 0.5) is 0 Å². The minimum atomic E-state index is -4.07. The minimum absolute atomic E-state index is 0.0742. The van der Waals surface area contributed by atoms with Crippen LogP contribution >= 0.6 is 11.6 Å². The normalized spacial score (nSPS) is 26.2. The first kappa shape index (κ1) is 24.0. The van der Waals surface area contributed by atoms with Crippen molar-refractivity contribution in [1.29, 1.82) is 0 Å². The number of nitrogens with zero attached hydrogens (tertiary/aromatic N) is 3. The van der Waals surface area contributed by atoms with Gasteiger partial charge < -0.3 is 10.2 Å². The lowest BCUT2D eigenvalue weighted by atomic mass is 10.1. The standard InChI is InChI=1S/C23H31ClN4O4S/c1-15-11-21(16(2)10-18(15)24)33(31,32)28-9-6-25-23(30)19(28)12-22(29)27-13-17(3)20(14-27)26-7-4-5-8-26/h6,9-11,17,19-20H,4-5,7-8,12-14H2,1-3H3,(H,25,30)/t17?,19-,20?/m1/s1. The van der Waals surface area contributed by atoms with Gasteiger partial charge in [0.25, 0.3) is 10.0 Å². The quantitative estimate of drug-likeness (QED) is 0.678. The largest absolute Gasteiger partial charge is 0.341 e. The SMILES string of the molecule is Cc1cc(S(=O)(=O)N2C=CNC(=O)[C@H]2CC(=O)N2CC(C)C(N3CCCC3)C2)c(C)cc1Cl. The van der Waals surface area contributed by atoms with E-state index in [1.54, 1.807) is 24.8 Å². The van der Waals surface area contributed by atoms with Crippen LogP contribution in [-0.4, -0.2) is 72.6 Å². The molecule has 0 bridgehead atoms. The van der Waals surface area contributed by atoms with Gasteiger partial charge >= 0.3 is 0 Å². The summed E-state index contributed by atoms with van der Waals surface area (Å²) < 4.78 is 28.1. The van der Waals surface area contributed by atoms with E-state index in [0.717, 1.165) is 17.4 Å². The molecule has 0 spiro atoms. The van der Waals surface area contributed by atoms with Crippen LogP contribution in [-0.2, 0) is 19.6 Å². The summed E-state index contributed by atoms with van der Waals surface area (Å²) in [6.07, 6.45) is 4.77. The van der Waals surface area contributed by atoms with Gasteiger partial charge in [-0.05, 0) is 69.0 Å². The van der Waals surface area contributed by atoms with Crippen LogP contribution in [0.1, 0.15) is 37.3 Å². The number of likely N-dealkylation sites (tertiary alicyclic amines) is 2. The van der Waals surface area contributed by atoms with Crippen LogP contribution < -0.4 is 5.32 Å². The van der Waals surface area contributed by atoms with E-state index in [1.807, 2.05) is 0 Å². The third-order valence-corrected chi connectivity index (χ3v) is 9.31. The molecule has 2 unspecified atom stereocenters. The summed E-state index contributed by atoms with van der Waals surface area (Å²) in [5.41, 5.74) is 1.11. The van der Waals surface area contributed by atoms with Crippen molar-refractivity contribution in [2.75, 3.05) is 26.2 Å². The summed E-state index contributed by atoms with van der Waals surface area (Å²) in [5, 5.41) is 3.03.